The number of anilines is 2. The highest BCUT2D eigenvalue weighted by atomic mass is 16.5. The average Bonchev–Trinajstić information content (AvgIpc) is 2.56. The minimum atomic E-state index is -0.347. The quantitative estimate of drug-likeness (QED) is 0.827. The Labute approximate surface area is 142 Å². The number of nitrogens with one attached hydrogen (secondary N) is 1. The Morgan fingerprint density at radius 3 is 2.25 bits per heavy atom. The molecule has 5 nitrogen and oxygen atoms in total. The molecular formula is C19H22N2O3. The van der Waals surface area contributed by atoms with Gasteiger partial charge in [0.2, 0.25) is 11.8 Å². The molecule has 0 atom stereocenters. The fourth-order valence-corrected chi connectivity index (χ4v) is 2.15. The molecule has 0 aliphatic carbocycles. The van der Waals surface area contributed by atoms with Crippen molar-refractivity contribution in [2.45, 2.75) is 26.4 Å². The maximum atomic E-state index is 12.2. The Morgan fingerprint density at radius 2 is 1.67 bits per heavy atom. The predicted octanol–water partition coefficient (Wildman–Crippen LogP) is 3.47. The molecule has 0 aliphatic heterocycles. The smallest absolute Gasteiger partial charge is 0.236 e. The Kier molecular flexibility index (Phi) is 5.95. The summed E-state index contributed by atoms with van der Waals surface area (Å²) >= 11 is 0. The van der Waals surface area contributed by atoms with E-state index in [0.29, 0.717) is 5.69 Å². The number of carbonyl (C=O) groups is 2. The molecule has 2 rings (SSSR count). The number of benzene rings is 2. The van der Waals surface area contributed by atoms with Crippen molar-refractivity contribution in [2.75, 3.05) is 17.3 Å². The Bertz CT molecular complexity index is 682. The van der Waals surface area contributed by atoms with E-state index in [9.17, 15) is 9.59 Å². The van der Waals surface area contributed by atoms with Gasteiger partial charge in [0.15, 0.2) is 0 Å². The third-order valence-corrected chi connectivity index (χ3v) is 3.34. The number of amides is 2. The van der Waals surface area contributed by atoms with Crippen LogP contribution < -0.4 is 15.0 Å². The molecule has 24 heavy (non-hydrogen) atoms. The average molecular weight is 326 g/mol. The van der Waals surface area contributed by atoms with Gasteiger partial charge in [-0.05, 0) is 50.2 Å². The zero-order valence-electron chi connectivity index (χ0n) is 14.2. The van der Waals surface area contributed by atoms with Gasteiger partial charge in [0.05, 0.1) is 6.10 Å². The van der Waals surface area contributed by atoms with Crippen molar-refractivity contribution in [1.29, 1.82) is 0 Å². The molecule has 0 heterocycles. The van der Waals surface area contributed by atoms with Crippen LogP contribution in [0.5, 0.6) is 5.75 Å². The molecule has 0 radical (unpaired) electrons. The highest BCUT2D eigenvalue weighted by molar-refractivity contribution is 6.08. The van der Waals surface area contributed by atoms with Crippen molar-refractivity contribution >= 4 is 23.2 Å². The van der Waals surface area contributed by atoms with Crippen LogP contribution in [0.15, 0.2) is 54.6 Å². The van der Waals surface area contributed by atoms with Crippen molar-refractivity contribution in [3.8, 4) is 5.75 Å². The molecule has 2 aromatic rings. The topological polar surface area (TPSA) is 58.6 Å². The van der Waals surface area contributed by atoms with Crippen molar-refractivity contribution in [2.24, 2.45) is 0 Å². The van der Waals surface area contributed by atoms with Crippen LogP contribution in [-0.4, -0.2) is 25.0 Å². The summed E-state index contributed by atoms with van der Waals surface area (Å²) in [7, 11) is 1.66. The standard InChI is InChI=1S/C19H22N2O3/c1-14(2)24-17-11-9-15(10-12-17)20-18(22)13-19(23)21(3)16-7-5-4-6-8-16/h4-12,14H,13H2,1-3H3,(H,20,22). The number of rotatable bonds is 6. The van der Waals surface area contributed by atoms with Gasteiger partial charge in [-0.25, -0.2) is 0 Å². The second kappa shape index (κ2) is 8.15. The van der Waals surface area contributed by atoms with Gasteiger partial charge >= 0.3 is 0 Å². The summed E-state index contributed by atoms with van der Waals surface area (Å²) in [5.41, 5.74) is 1.39. The van der Waals surface area contributed by atoms with Crippen LogP contribution in [-0.2, 0) is 9.59 Å². The molecule has 0 spiro atoms. The third kappa shape index (κ3) is 5.12. The summed E-state index contributed by atoms with van der Waals surface area (Å²) in [6.45, 7) is 3.90. The van der Waals surface area contributed by atoms with Gasteiger partial charge in [-0.3, -0.25) is 9.59 Å². The largest absolute Gasteiger partial charge is 0.491 e. The molecule has 0 aliphatic rings. The van der Waals surface area contributed by atoms with E-state index in [2.05, 4.69) is 5.32 Å². The molecule has 126 valence electrons. The molecule has 0 aromatic heterocycles. The molecule has 0 unspecified atom stereocenters. The first-order valence-electron chi connectivity index (χ1n) is 7.84. The molecule has 0 bridgehead atoms. The number of hydrogen-bond acceptors (Lipinski definition) is 3. The van der Waals surface area contributed by atoms with Gasteiger partial charge in [-0.1, -0.05) is 18.2 Å². The first kappa shape index (κ1) is 17.5. The molecule has 0 saturated carbocycles. The van der Waals surface area contributed by atoms with Crippen LogP contribution in [0.3, 0.4) is 0 Å². The van der Waals surface area contributed by atoms with Crippen molar-refractivity contribution in [1.82, 2.24) is 0 Å². The lowest BCUT2D eigenvalue weighted by atomic mass is 10.2. The zero-order chi connectivity index (χ0) is 17.5. The highest BCUT2D eigenvalue weighted by Gasteiger charge is 2.15. The molecule has 2 amide bonds. The molecular weight excluding hydrogens is 304 g/mol. The fourth-order valence-electron chi connectivity index (χ4n) is 2.15. The first-order chi connectivity index (χ1) is 11.5. The number of para-hydroxylation sites is 1. The van der Waals surface area contributed by atoms with E-state index in [-0.39, 0.29) is 24.3 Å². The van der Waals surface area contributed by atoms with E-state index >= 15 is 0 Å². The van der Waals surface area contributed by atoms with Crippen LogP contribution in [0, 0.1) is 0 Å². The van der Waals surface area contributed by atoms with E-state index in [1.54, 1.807) is 31.3 Å². The van der Waals surface area contributed by atoms with Crippen LogP contribution >= 0.6 is 0 Å². The fraction of sp³-hybridized carbons (Fsp3) is 0.263. The lowest BCUT2D eigenvalue weighted by Crippen LogP contribution is -2.30. The normalized spacial score (nSPS) is 10.3. The second-order valence-electron chi connectivity index (χ2n) is 5.70. The Hall–Kier alpha value is -2.82. The number of carbonyl (C=O) groups excluding carboxylic acids is 2. The molecule has 1 N–H and O–H groups in total. The molecule has 0 fully saturated rings. The minimum absolute atomic E-state index is 0.0941. The van der Waals surface area contributed by atoms with E-state index in [0.717, 1.165) is 11.4 Å². The van der Waals surface area contributed by atoms with Gasteiger partial charge in [0.1, 0.15) is 12.2 Å². The number of hydrogen-bond donors (Lipinski definition) is 1. The van der Waals surface area contributed by atoms with Crippen LogP contribution in [0.25, 0.3) is 0 Å². The summed E-state index contributed by atoms with van der Waals surface area (Å²) in [5.74, 6) is 0.127. The highest BCUT2D eigenvalue weighted by Crippen LogP contribution is 2.17. The zero-order valence-corrected chi connectivity index (χ0v) is 14.2. The molecule has 5 heteroatoms. The van der Waals surface area contributed by atoms with Gasteiger partial charge in [0.25, 0.3) is 0 Å². The van der Waals surface area contributed by atoms with Gasteiger partial charge in [-0.15, -0.1) is 0 Å². The molecule has 0 saturated heterocycles. The van der Waals surface area contributed by atoms with Crippen LogP contribution in [0.2, 0.25) is 0 Å². The maximum Gasteiger partial charge on any atom is 0.236 e. The van der Waals surface area contributed by atoms with Crippen molar-refractivity contribution in [3.63, 3.8) is 0 Å². The second-order valence-corrected chi connectivity index (χ2v) is 5.70. The van der Waals surface area contributed by atoms with Gasteiger partial charge in [0, 0.05) is 18.4 Å². The van der Waals surface area contributed by atoms with Crippen molar-refractivity contribution < 1.29 is 14.3 Å². The molecule has 2 aromatic carbocycles. The van der Waals surface area contributed by atoms with E-state index in [1.807, 2.05) is 44.2 Å². The summed E-state index contributed by atoms with van der Waals surface area (Å²) < 4.78 is 5.55. The van der Waals surface area contributed by atoms with Gasteiger partial charge < -0.3 is 15.0 Å². The van der Waals surface area contributed by atoms with Crippen LogP contribution in [0.1, 0.15) is 20.3 Å². The lowest BCUT2D eigenvalue weighted by Gasteiger charge is -2.17. The third-order valence-electron chi connectivity index (χ3n) is 3.34. The summed E-state index contributed by atoms with van der Waals surface area (Å²) in [6.07, 6.45) is -0.119. The monoisotopic (exact) mass is 326 g/mol. The Balaban J connectivity index is 1.89. The van der Waals surface area contributed by atoms with E-state index < -0.39 is 0 Å². The SMILES string of the molecule is CC(C)Oc1ccc(NC(=O)CC(=O)N(C)c2ccccc2)cc1. The Morgan fingerprint density at radius 1 is 1.04 bits per heavy atom. The van der Waals surface area contributed by atoms with E-state index in [4.69, 9.17) is 4.74 Å². The minimum Gasteiger partial charge on any atom is -0.491 e. The van der Waals surface area contributed by atoms with Crippen LogP contribution in [0.4, 0.5) is 11.4 Å². The predicted molar refractivity (Wildman–Crippen MR) is 95.3 cm³/mol. The lowest BCUT2D eigenvalue weighted by molar-refractivity contribution is -0.125. The summed E-state index contributed by atoms with van der Waals surface area (Å²) in [5, 5.41) is 2.72. The number of nitrogens with zero attached hydrogens (tertiary/aromatic N) is 1. The summed E-state index contributed by atoms with van der Waals surface area (Å²) in [4.78, 5) is 25.7. The maximum absolute atomic E-state index is 12.2. The summed E-state index contributed by atoms with van der Waals surface area (Å²) in [6, 6.07) is 16.3. The first-order valence-corrected chi connectivity index (χ1v) is 7.84. The number of ether oxygens (including phenoxy) is 1. The van der Waals surface area contributed by atoms with E-state index in [1.165, 1.54) is 4.90 Å². The van der Waals surface area contributed by atoms with Gasteiger partial charge in [-0.2, -0.15) is 0 Å². The van der Waals surface area contributed by atoms with Crippen molar-refractivity contribution in [3.05, 3.63) is 54.6 Å².